The van der Waals surface area contributed by atoms with Crippen LogP contribution in [0.1, 0.15) is 12.5 Å². The van der Waals surface area contributed by atoms with E-state index in [9.17, 15) is 9.59 Å². The number of carboxylic acid groups (broad SMARTS) is 2. The third-order valence-electron chi connectivity index (χ3n) is 2.88. The van der Waals surface area contributed by atoms with Gasteiger partial charge in [0.05, 0.1) is 0 Å². The largest absolute Gasteiger partial charge is 0.478 e. The maximum Gasteiger partial charge on any atom is 0.328 e. The lowest BCUT2D eigenvalue weighted by Crippen LogP contribution is -2.21. The van der Waals surface area contributed by atoms with Crippen LogP contribution in [0.2, 0.25) is 0 Å². The second-order valence-electron chi connectivity index (χ2n) is 4.96. The Kier molecular flexibility index (Phi) is 6.34. The minimum Gasteiger partial charge on any atom is -0.478 e. The first-order valence-electron chi connectivity index (χ1n) is 6.75. The molecule has 0 aliphatic carbocycles. The van der Waals surface area contributed by atoms with Crippen LogP contribution in [-0.4, -0.2) is 32.8 Å². The molecule has 2 aromatic rings. The molecule has 1 atom stereocenters. The smallest absolute Gasteiger partial charge is 0.328 e. The standard InChI is InChI=1S/C12H16N2.C4H4O4/c1-9-4-3-5-12-11(9)6-7-14(12)8-10(2)13;5-3(6)1-2-4(7)8/h3-7,10H,8,13H2,1-2H3;1-2H,(H,5,6)(H,7,8)/b;2-1+. The molecule has 0 radical (unpaired) electrons. The van der Waals surface area contributed by atoms with Gasteiger partial charge in [-0.3, -0.25) is 0 Å². The van der Waals surface area contributed by atoms with Gasteiger partial charge in [-0.1, -0.05) is 12.1 Å². The van der Waals surface area contributed by atoms with E-state index in [4.69, 9.17) is 15.9 Å². The highest BCUT2D eigenvalue weighted by Gasteiger charge is 2.03. The summed E-state index contributed by atoms with van der Waals surface area (Å²) in [6, 6.07) is 8.73. The lowest BCUT2D eigenvalue weighted by atomic mass is 10.1. The van der Waals surface area contributed by atoms with Gasteiger partial charge in [-0.2, -0.15) is 0 Å². The van der Waals surface area contributed by atoms with E-state index in [1.54, 1.807) is 0 Å². The molecule has 22 heavy (non-hydrogen) atoms. The van der Waals surface area contributed by atoms with Crippen LogP contribution < -0.4 is 5.73 Å². The Balaban J connectivity index is 0.000000261. The topological polar surface area (TPSA) is 106 Å². The number of aromatic nitrogens is 1. The summed E-state index contributed by atoms with van der Waals surface area (Å²) in [5.41, 5.74) is 8.40. The molecule has 1 unspecified atom stereocenters. The Morgan fingerprint density at radius 3 is 2.32 bits per heavy atom. The highest BCUT2D eigenvalue weighted by atomic mass is 16.4. The van der Waals surface area contributed by atoms with Gasteiger partial charge in [-0.05, 0) is 31.5 Å². The number of carbonyl (C=O) groups is 2. The van der Waals surface area contributed by atoms with E-state index in [0.29, 0.717) is 12.2 Å². The van der Waals surface area contributed by atoms with E-state index < -0.39 is 11.9 Å². The fraction of sp³-hybridized carbons (Fsp3) is 0.250. The molecule has 0 amide bonds. The van der Waals surface area contributed by atoms with Gasteiger partial charge in [-0.25, -0.2) is 9.59 Å². The first-order valence-corrected chi connectivity index (χ1v) is 6.75. The third-order valence-corrected chi connectivity index (χ3v) is 2.88. The number of nitrogens with two attached hydrogens (primary N) is 1. The monoisotopic (exact) mass is 304 g/mol. The molecule has 1 heterocycles. The van der Waals surface area contributed by atoms with Crippen molar-refractivity contribution in [3.63, 3.8) is 0 Å². The number of fused-ring (bicyclic) bond motifs is 1. The average molecular weight is 304 g/mol. The first kappa shape index (κ1) is 17.5. The number of aliphatic carboxylic acids is 2. The van der Waals surface area contributed by atoms with Gasteiger partial charge in [0, 0.05) is 41.8 Å². The molecule has 6 nitrogen and oxygen atoms in total. The van der Waals surface area contributed by atoms with Crippen molar-refractivity contribution in [2.75, 3.05) is 0 Å². The Bertz CT molecular complexity index is 671. The molecule has 0 bridgehead atoms. The van der Waals surface area contributed by atoms with Gasteiger partial charge < -0.3 is 20.5 Å². The molecule has 6 heteroatoms. The van der Waals surface area contributed by atoms with Crippen molar-refractivity contribution in [1.29, 1.82) is 0 Å². The number of hydrogen-bond acceptors (Lipinski definition) is 3. The number of hydrogen-bond donors (Lipinski definition) is 3. The van der Waals surface area contributed by atoms with Gasteiger partial charge in [0.15, 0.2) is 0 Å². The molecule has 1 aromatic carbocycles. The summed E-state index contributed by atoms with van der Waals surface area (Å²) >= 11 is 0. The Hall–Kier alpha value is -2.60. The van der Waals surface area contributed by atoms with Crippen LogP contribution in [0.15, 0.2) is 42.6 Å². The van der Waals surface area contributed by atoms with Gasteiger partial charge in [0.1, 0.15) is 0 Å². The molecule has 1 aromatic heterocycles. The summed E-state index contributed by atoms with van der Waals surface area (Å²) in [5.74, 6) is -2.51. The second kappa shape index (κ2) is 7.99. The number of carboxylic acids is 2. The van der Waals surface area contributed by atoms with Crippen molar-refractivity contribution in [2.45, 2.75) is 26.4 Å². The van der Waals surface area contributed by atoms with Crippen molar-refractivity contribution < 1.29 is 19.8 Å². The molecule has 0 aliphatic rings. The minimum absolute atomic E-state index is 0.200. The summed E-state index contributed by atoms with van der Waals surface area (Å²) < 4.78 is 2.22. The van der Waals surface area contributed by atoms with Crippen molar-refractivity contribution >= 4 is 22.8 Å². The molecule has 0 saturated carbocycles. The lowest BCUT2D eigenvalue weighted by molar-refractivity contribution is -0.134. The molecule has 2 rings (SSSR count). The van der Waals surface area contributed by atoms with Crippen molar-refractivity contribution in [2.24, 2.45) is 5.73 Å². The van der Waals surface area contributed by atoms with E-state index >= 15 is 0 Å². The molecular weight excluding hydrogens is 284 g/mol. The van der Waals surface area contributed by atoms with E-state index in [1.807, 2.05) is 6.92 Å². The first-order chi connectivity index (χ1) is 10.3. The zero-order chi connectivity index (χ0) is 16.7. The molecule has 0 aliphatic heterocycles. The van der Waals surface area contributed by atoms with Crippen molar-refractivity contribution in [1.82, 2.24) is 4.57 Å². The van der Waals surface area contributed by atoms with Crippen LogP contribution in [0.5, 0.6) is 0 Å². The summed E-state index contributed by atoms with van der Waals surface area (Å²) in [4.78, 5) is 19.1. The van der Waals surface area contributed by atoms with Crippen LogP contribution in [0.25, 0.3) is 10.9 Å². The third kappa shape index (κ3) is 5.41. The summed E-state index contributed by atoms with van der Waals surface area (Å²) in [7, 11) is 0. The van der Waals surface area contributed by atoms with Crippen LogP contribution >= 0.6 is 0 Å². The molecule has 0 fully saturated rings. The molecular formula is C16H20N2O4. The number of rotatable bonds is 4. The van der Waals surface area contributed by atoms with Crippen molar-refractivity contribution in [3.05, 3.63) is 48.2 Å². The van der Waals surface area contributed by atoms with Crippen LogP contribution in [0.3, 0.4) is 0 Å². The number of nitrogens with zero attached hydrogens (tertiary/aromatic N) is 1. The van der Waals surface area contributed by atoms with Crippen LogP contribution in [0.4, 0.5) is 0 Å². The zero-order valence-corrected chi connectivity index (χ0v) is 12.6. The van der Waals surface area contributed by atoms with Gasteiger partial charge in [0.2, 0.25) is 0 Å². The summed E-state index contributed by atoms with van der Waals surface area (Å²) in [6.45, 7) is 5.05. The van der Waals surface area contributed by atoms with Crippen LogP contribution in [-0.2, 0) is 16.1 Å². The fourth-order valence-electron chi connectivity index (χ4n) is 1.99. The number of benzene rings is 1. The molecule has 4 N–H and O–H groups in total. The fourth-order valence-corrected chi connectivity index (χ4v) is 1.99. The van der Waals surface area contributed by atoms with E-state index in [-0.39, 0.29) is 6.04 Å². The average Bonchev–Trinajstić information content (AvgIpc) is 2.81. The summed E-state index contributed by atoms with van der Waals surface area (Å²) in [5, 5.41) is 17.0. The Morgan fingerprint density at radius 1 is 1.23 bits per heavy atom. The quantitative estimate of drug-likeness (QED) is 0.749. The lowest BCUT2D eigenvalue weighted by Gasteiger charge is -2.08. The zero-order valence-electron chi connectivity index (χ0n) is 12.6. The maximum atomic E-state index is 9.55. The van der Waals surface area contributed by atoms with Crippen LogP contribution in [0, 0.1) is 6.92 Å². The second-order valence-corrected chi connectivity index (χ2v) is 4.96. The summed E-state index contributed by atoms with van der Waals surface area (Å²) in [6.07, 6.45) is 3.23. The number of aryl methyl sites for hydroxylation is 1. The Morgan fingerprint density at radius 2 is 1.82 bits per heavy atom. The van der Waals surface area contributed by atoms with Gasteiger partial charge >= 0.3 is 11.9 Å². The van der Waals surface area contributed by atoms with E-state index in [2.05, 4.69) is 42.0 Å². The molecule has 118 valence electrons. The normalized spacial score (nSPS) is 12.0. The van der Waals surface area contributed by atoms with Gasteiger partial charge in [0.25, 0.3) is 0 Å². The minimum atomic E-state index is -1.26. The highest BCUT2D eigenvalue weighted by molar-refractivity contribution is 5.89. The molecule has 0 saturated heterocycles. The Labute approximate surface area is 128 Å². The maximum absolute atomic E-state index is 9.55. The van der Waals surface area contributed by atoms with E-state index in [1.165, 1.54) is 16.5 Å². The predicted molar refractivity (Wildman–Crippen MR) is 84.7 cm³/mol. The highest BCUT2D eigenvalue weighted by Crippen LogP contribution is 2.19. The predicted octanol–water partition coefficient (Wildman–Crippen LogP) is 2.01. The van der Waals surface area contributed by atoms with E-state index in [0.717, 1.165) is 6.54 Å². The molecule has 0 spiro atoms. The van der Waals surface area contributed by atoms with Gasteiger partial charge in [-0.15, -0.1) is 0 Å². The van der Waals surface area contributed by atoms with Crippen molar-refractivity contribution in [3.8, 4) is 0 Å². The SMILES string of the molecule is Cc1cccc2c1ccn2CC(C)N.O=C(O)/C=C/C(=O)O.